The lowest BCUT2D eigenvalue weighted by Crippen LogP contribution is -2.31. The van der Waals surface area contributed by atoms with Crippen molar-refractivity contribution in [3.8, 4) is 0 Å². The second-order valence-corrected chi connectivity index (χ2v) is 5.52. The van der Waals surface area contributed by atoms with Crippen LogP contribution in [0.5, 0.6) is 0 Å². The number of nitrogens with one attached hydrogen (secondary N) is 1. The number of hydrogen-bond donors (Lipinski definition) is 2. The van der Waals surface area contributed by atoms with E-state index in [0.29, 0.717) is 11.6 Å². The van der Waals surface area contributed by atoms with Gasteiger partial charge in [-0.1, -0.05) is 35.8 Å². The molecule has 4 nitrogen and oxygen atoms in total. The van der Waals surface area contributed by atoms with Crippen LogP contribution in [0.4, 0.5) is 0 Å². The summed E-state index contributed by atoms with van der Waals surface area (Å²) in [6.07, 6.45) is 2.27. The van der Waals surface area contributed by atoms with Gasteiger partial charge in [0.05, 0.1) is 0 Å². The van der Waals surface area contributed by atoms with Crippen LogP contribution < -0.4 is 11.3 Å². The van der Waals surface area contributed by atoms with E-state index in [4.69, 9.17) is 5.84 Å². The van der Waals surface area contributed by atoms with E-state index in [2.05, 4.69) is 47.2 Å². The molecule has 0 saturated heterocycles. The SMILES string of the molecule is CCC(CC)N(C)Cc1ccc(C(=O)NN)cc1Br. The number of hydrogen-bond acceptors (Lipinski definition) is 3. The predicted octanol–water partition coefficient (Wildman–Crippen LogP) is 2.67. The Hall–Kier alpha value is -0.910. The highest BCUT2D eigenvalue weighted by molar-refractivity contribution is 9.10. The summed E-state index contributed by atoms with van der Waals surface area (Å²) in [7, 11) is 2.13. The normalized spacial score (nSPS) is 11.1. The molecule has 3 N–H and O–H groups in total. The second kappa shape index (κ2) is 7.62. The third-order valence-corrected chi connectivity index (χ3v) is 4.17. The molecule has 0 unspecified atom stereocenters. The second-order valence-electron chi connectivity index (χ2n) is 4.67. The largest absolute Gasteiger partial charge is 0.299 e. The van der Waals surface area contributed by atoms with E-state index in [-0.39, 0.29) is 5.91 Å². The van der Waals surface area contributed by atoms with Crippen molar-refractivity contribution >= 4 is 21.8 Å². The average molecular weight is 328 g/mol. The van der Waals surface area contributed by atoms with E-state index in [1.165, 1.54) is 5.56 Å². The molecule has 0 bridgehead atoms. The summed E-state index contributed by atoms with van der Waals surface area (Å²) in [5, 5.41) is 0. The number of nitrogens with zero attached hydrogens (tertiary/aromatic N) is 1. The van der Waals surface area contributed by atoms with Gasteiger partial charge in [-0.15, -0.1) is 0 Å². The van der Waals surface area contributed by atoms with Gasteiger partial charge in [0, 0.05) is 22.6 Å². The molecule has 0 aromatic heterocycles. The monoisotopic (exact) mass is 327 g/mol. The van der Waals surface area contributed by atoms with Crippen LogP contribution >= 0.6 is 15.9 Å². The average Bonchev–Trinajstić information content (AvgIpc) is 2.41. The van der Waals surface area contributed by atoms with Gasteiger partial charge in [0.25, 0.3) is 5.91 Å². The molecule has 0 fully saturated rings. The highest BCUT2D eigenvalue weighted by Crippen LogP contribution is 2.21. The molecule has 0 heterocycles. The molecule has 0 aliphatic heterocycles. The minimum absolute atomic E-state index is 0.277. The standard InChI is InChI=1S/C14H22BrN3O/c1-4-12(5-2)18(3)9-11-7-6-10(8-13(11)15)14(19)17-16/h6-8,12H,4-5,9,16H2,1-3H3,(H,17,19). The number of carbonyl (C=O) groups excluding carboxylic acids is 1. The van der Waals surface area contributed by atoms with E-state index in [9.17, 15) is 4.79 Å². The van der Waals surface area contributed by atoms with Crippen LogP contribution in [-0.2, 0) is 6.54 Å². The Morgan fingerprint density at radius 1 is 1.42 bits per heavy atom. The van der Waals surface area contributed by atoms with Crippen molar-refractivity contribution in [2.24, 2.45) is 5.84 Å². The molecule has 1 aromatic carbocycles. The number of nitrogens with two attached hydrogens (primary N) is 1. The molecule has 1 amide bonds. The summed E-state index contributed by atoms with van der Waals surface area (Å²) in [6.45, 7) is 5.26. The van der Waals surface area contributed by atoms with Gasteiger partial charge >= 0.3 is 0 Å². The van der Waals surface area contributed by atoms with Crippen LogP contribution in [-0.4, -0.2) is 23.9 Å². The summed E-state index contributed by atoms with van der Waals surface area (Å²) in [5.41, 5.74) is 3.86. The first kappa shape index (κ1) is 16.1. The highest BCUT2D eigenvalue weighted by atomic mass is 79.9. The van der Waals surface area contributed by atoms with Gasteiger partial charge in [-0.3, -0.25) is 15.1 Å². The number of hydrazine groups is 1. The summed E-state index contributed by atoms with van der Waals surface area (Å²) >= 11 is 3.52. The molecule has 0 saturated carbocycles. The fourth-order valence-corrected chi connectivity index (χ4v) is 2.71. The number of nitrogen functional groups attached to an aromatic ring is 1. The number of halogens is 1. The molecule has 19 heavy (non-hydrogen) atoms. The summed E-state index contributed by atoms with van der Waals surface area (Å²) in [4.78, 5) is 13.8. The van der Waals surface area contributed by atoms with Gasteiger partial charge in [0.2, 0.25) is 0 Å². The predicted molar refractivity (Wildman–Crippen MR) is 81.6 cm³/mol. The third kappa shape index (κ3) is 4.30. The summed E-state index contributed by atoms with van der Waals surface area (Å²) in [6, 6.07) is 6.15. The van der Waals surface area contributed by atoms with Crippen molar-refractivity contribution in [3.05, 3.63) is 33.8 Å². The lowest BCUT2D eigenvalue weighted by molar-refractivity contribution is 0.0953. The fraction of sp³-hybridized carbons (Fsp3) is 0.500. The van der Waals surface area contributed by atoms with Crippen molar-refractivity contribution in [1.82, 2.24) is 10.3 Å². The molecule has 1 aromatic rings. The number of amides is 1. The Bertz CT molecular complexity index is 433. The van der Waals surface area contributed by atoms with Gasteiger partial charge < -0.3 is 0 Å². The molecule has 0 radical (unpaired) electrons. The third-order valence-electron chi connectivity index (χ3n) is 3.43. The van der Waals surface area contributed by atoms with E-state index < -0.39 is 0 Å². The van der Waals surface area contributed by atoms with Crippen molar-refractivity contribution < 1.29 is 4.79 Å². The van der Waals surface area contributed by atoms with Crippen LogP contribution in [0.15, 0.2) is 22.7 Å². The van der Waals surface area contributed by atoms with E-state index in [1.54, 1.807) is 12.1 Å². The van der Waals surface area contributed by atoms with Gasteiger partial charge in [0.15, 0.2) is 0 Å². The van der Waals surface area contributed by atoms with Crippen molar-refractivity contribution in [2.45, 2.75) is 39.3 Å². The topological polar surface area (TPSA) is 58.4 Å². The van der Waals surface area contributed by atoms with Crippen molar-refractivity contribution in [2.75, 3.05) is 7.05 Å². The minimum atomic E-state index is -0.277. The summed E-state index contributed by atoms with van der Waals surface area (Å²) in [5.74, 6) is 4.85. The Kier molecular flexibility index (Phi) is 6.48. The van der Waals surface area contributed by atoms with Crippen LogP contribution in [0.25, 0.3) is 0 Å². The lowest BCUT2D eigenvalue weighted by Gasteiger charge is -2.26. The quantitative estimate of drug-likeness (QED) is 0.479. The Morgan fingerprint density at radius 3 is 2.53 bits per heavy atom. The molecular formula is C14H22BrN3O. The Morgan fingerprint density at radius 2 is 2.05 bits per heavy atom. The van der Waals surface area contributed by atoms with Crippen LogP contribution in [0.2, 0.25) is 0 Å². The minimum Gasteiger partial charge on any atom is -0.299 e. The molecule has 0 spiro atoms. The number of benzene rings is 1. The molecule has 1 rings (SSSR count). The maximum Gasteiger partial charge on any atom is 0.265 e. The maximum atomic E-state index is 11.4. The van der Waals surface area contributed by atoms with Gasteiger partial charge in [-0.25, -0.2) is 5.84 Å². The highest BCUT2D eigenvalue weighted by Gasteiger charge is 2.13. The molecule has 0 aliphatic rings. The molecular weight excluding hydrogens is 306 g/mol. The first-order valence-corrected chi connectivity index (χ1v) is 7.32. The number of carbonyl (C=O) groups is 1. The zero-order chi connectivity index (χ0) is 14.4. The van der Waals surface area contributed by atoms with Crippen molar-refractivity contribution in [1.29, 1.82) is 0 Å². The van der Waals surface area contributed by atoms with E-state index >= 15 is 0 Å². The van der Waals surface area contributed by atoms with Gasteiger partial charge in [-0.2, -0.15) is 0 Å². The van der Waals surface area contributed by atoms with Gasteiger partial charge in [0.1, 0.15) is 0 Å². The lowest BCUT2D eigenvalue weighted by atomic mass is 10.1. The Labute approximate surface area is 123 Å². The van der Waals surface area contributed by atoms with E-state index in [0.717, 1.165) is 23.9 Å². The first-order valence-electron chi connectivity index (χ1n) is 6.53. The molecule has 106 valence electrons. The first-order chi connectivity index (χ1) is 9.03. The van der Waals surface area contributed by atoms with E-state index in [1.807, 2.05) is 6.07 Å². The molecule has 5 heteroatoms. The van der Waals surface area contributed by atoms with Crippen LogP contribution in [0.1, 0.15) is 42.6 Å². The zero-order valence-electron chi connectivity index (χ0n) is 11.7. The fourth-order valence-electron chi connectivity index (χ4n) is 2.21. The maximum absolute atomic E-state index is 11.4. The van der Waals surface area contributed by atoms with Crippen molar-refractivity contribution in [3.63, 3.8) is 0 Å². The van der Waals surface area contributed by atoms with Gasteiger partial charge in [-0.05, 0) is 37.6 Å². The van der Waals surface area contributed by atoms with Crippen LogP contribution in [0, 0.1) is 0 Å². The zero-order valence-corrected chi connectivity index (χ0v) is 13.3. The Balaban J connectivity index is 2.83. The summed E-state index contributed by atoms with van der Waals surface area (Å²) < 4.78 is 0.936. The molecule has 0 atom stereocenters. The molecule has 0 aliphatic carbocycles. The number of rotatable bonds is 6. The van der Waals surface area contributed by atoms with Crippen LogP contribution in [0.3, 0.4) is 0 Å². The smallest absolute Gasteiger partial charge is 0.265 e.